The van der Waals surface area contributed by atoms with Crippen LogP contribution < -0.4 is 0 Å². The van der Waals surface area contributed by atoms with Gasteiger partial charge in [0.1, 0.15) is 5.78 Å². The van der Waals surface area contributed by atoms with E-state index < -0.39 is 22.9 Å². The van der Waals surface area contributed by atoms with E-state index in [1.54, 1.807) is 6.92 Å². The molecule has 7 heteroatoms. The summed E-state index contributed by atoms with van der Waals surface area (Å²) in [7, 11) is 0. The SMILES string of the molecule is CCOC(=O)c1cc(C(O)C(=O)O)ccc1C(Br)C(C)=O. The maximum atomic E-state index is 12.0. The van der Waals surface area contributed by atoms with Gasteiger partial charge in [-0.3, -0.25) is 4.79 Å². The number of benzene rings is 1. The Morgan fingerprint density at radius 1 is 1.33 bits per heavy atom. The summed E-state index contributed by atoms with van der Waals surface area (Å²) in [5, 5.41) is 18.3. The number of carboxylic acid groups (broad SMARTS) is 1. The average molecular weight is 359 g/mol. The first kappa shape index (κ1) is 17.3. The van der Waals surface area contributed by atoms with Crippen molar-refractivity contribution in [2.75, 3.05) is 6.61 Å². The molecular weight excluding hydrogens is 344 g/mol. The monoisotopic (exact) mass is 358 g/mol. The van der Waals surface area contributed by atoms with Crippen LogP contribution >= 0.6 is 15.9 Å². The van der Waals surface area contributed by atoms with Gasteiger partial charge in [0.2, 0.25) is 0 Å². The molecule has 0 heterocycles. The van der Waals surface area contributed by atoms with Crippen LogP contribution in [0.4, 0.5) is 0 Å². The zero-order chi connectivity index (χ0) is 16.2. The molecule has 0 fully saturated rings. The Morgan fingerprint density at radius 3 is 2.43 bits per heavy atom. The van der Waals surface area contributed by atoms with Crippen molar-refractivity contribution in [3.8, 4) is 0 Å². The van der Waals surface area contributed by atoms with Crippen molar-refractivity contribution >= 4 is 33.7 Å². The Kier molecular flexibility index (Phi) is 6.04. The third-order valence-corrected chi connectivity index (χ3v) is 3.89. The first-order chi connectivity index (χ1) is 9.79. The second-order valence-electron chi connectivity index (χ2n) is 4.28. The fourth-order valence-electron chi connectivity index (χ4n) is 1.71. The number of carbonyl (C=O) groups is 3. The molecule has 2 N–H and O–H groups in total. The zero-order valence-corrected chi connectivity index (χ0v) is 13.1. The van der Waals surface area contributed by atoms with Crippen molar-refractivity contribution in [3.05, 3.63) is 34.9 Å². The van der Waals surface area contributed by atoms with Crippen molar-refractivity contribution in [1.29, 1.82) is 0 Å². The van der Waals surface area contributed by atoms with Crippen LogP contribution in [-0.2, 0) is 14.3 Å². The number of carbonyl (C=O) groups excluding carboxylic acids is 2. The number of hydrogen-bond acceptors (Lipinski definition) is 5. The Bertz CT molecular complexity index is 569. The van der Waals surface area contributed by atoms with E-state index >= 15 is 0 Å². The van der Waals surface area contributed by atoms with E-state index in [1.807, 2.05) is 0 Å². The summed E-state index contributed by atoms with van der Waals surface area (Å²) in [4.78, 5) is 33.5. The molecule has 0 aliphatic rings. The molecule has 0 saturated carbocycles. The fourth-order valence-corrected chi connectivity index (χ4v) is 2.11. The van der Waals surface area contributed by atoms with Crippen molar-refractivity contribution in [1.82, 2.24) is 0 Å². The first-order valence-corrected chi connectivity index (χ1v) is 7.07. The van der Waals surface area contributed by atoms with Crippen LogP contribution in [-0.4, -0.2) is 34.5 Å². The maximum Gasteiger partial charge on any atom is 0.338 e. The molecule has 0 saturated heterocycles. The number of aliphatic hydroxyl groups excluding tert-OH is 1. The minimum absolute atomic E-state index is 0.0394. The number of aliphatic carboxylic acids is 1. The lowest BCUT2D eigenvalue weighted by Crippen LogP contribution is -2.15. The summed E-state index contributed by atoms with van der Waals surface area (Å²) >= 11 is 3.17. The van der Waals surface area contributed by atoms with E-state index in [2.05, 4.69) is 15.9 Å². The van der Waals surface area contributed by atoms with E-state index in [9.17, 15) is 19.5 Å². The van der Waals surface area contributed by atoms with Gasteiger partial charge in [-0.05, 0) is 31.0 Å². The van der Waals surface area contributed by atoms with Crippen LogP contribution in [0.1, 0.15) is 46.3 Å². The van der Waals surface area contributed by atoms with Crippen LogP contribution in [0.5, 0.6) is 0 Å². The first-order valence-electron chi connectivity index (χ1n) is 6.16. The van der Waals surface area contributed by atoms with E-state index in [0.29, 0.717) is 5.56 Å². The standard InChI is InChI=1S/C14H15BrO6/c1-3-21-14(20)10-6-8(12(17)13(18)19)4-5-9(10)11(15)7(2)16/h4-6,11-12,17H,3H2,1-2H3,(H,18,19). The summed E-state index contributed by atoms with van der Waals surface area (Å²) < 4.78 is 4.89. The van der Waals surface area contributed by atoms with Crippen LogP contribution in [0.15, 0.2) is 18.2 Å². The number of carboxylic acids is 1. The molecule has 0 aromatic heterocycles. The van der Waals surface area contributed by atoms with Crippen molar-refractivity contribution in [2.24, 2.45) is 0 Å². The Hall–Kier alpha value is -1.73. The second kappa shape index (κ2) is 7.33. The normalized spacial score (nSPS) is 13.3. The number of aliphatic hydroxyl groups is 1. The van der Waals surface area contributed by atoms with Gasteiger partial charge >= 0.3 is 11.9 Å². The third kappa shape index (κ3) is 4.12. The highest BCUT2D eigenvalue weighted by Gasteiger charge is 2.24. The molecule has 0 amide bonds. The third-order valence-electron chi connectivity index (χ3n) is 2.75. The van der Waals surface area contributed by atoms with Gasteiger partial charge in [0.25, 0.3) is 0 Å². The Labute approximate surface area is 129 Å². The van der Waals surface area contributed by atoms with E-state index in [4.69, 9.17) is 9.84 Å². The molecule has 0 bridgehead atoms. The van der Waals surface area contributed by atoms with Gasteiger partial charge in [-0.1, -0.05) is 28.1 Å². The number of halogens is 1. The predicted molar refractivity (Wildman–Crippen MR) is 77.3 cm³/mol. The Morgan fingerprint density at radius 2 is 1.95 bits per heavy atom. The highest BCUT2D eigenvalue weighted by atomic mass is 79.9. The lowest BCUT2D eigenvalue weighted by atomic mass is 9.97. The summed E-state index contributed by atoms with van der Waals surface area (Å²) in [5.74, 6) is -2.33. The van der Waals surface area contributed by atoms with E-state index in [1.165, 1.54) is 25.1 Å². The molecule has 0 radical (unpaired) electrons. The Balaban J connectivity index is 3.35. The fraction of sp³-hybridized carbons (Fsp3) is 0.357. The van der Waals surface area contributed by atoms with Crippen LogP contribution in [0, 0.1) is 0 Å². The van der Waals surface area contributed by atoms with Gasteiger partial charge in [0, 0.05) is 0 Å². The van der Waals surface area contributed by atoms with E-state index in [0.717, 1.165) is 0 Å². The van der Waals surface area contributed by atoms with Gasteiger partial charge in [0.15, 0.2) is 6.10 Å². The molecule has 6 nitrogen and oxygen atoms in total. The number of hydrogen-bond donors (Lipinski definition) is 2. The van der Waals surface area contributed by atoms with Gasteiger partial charge in [-0.2, -0.15) is 0 Å². The predicted octanol–water partition coefficient (Wildman–Crippen LogP) is 2.01. The second-order valence-corrected chi connectivity index (χ2v) is 5.20. The quantitative estimate of drug-likeness (QED) is 0.595. The van der Waals surface area contributed by atoms with Crippen molar-refractivity contribution in [3.63, 3.8) is 0 Å². The van der Waals surface area contributed by atoms with Crippen LogP contribution in [0.25, 0.3) is 0 Å². The highest BCUT2D eigenvalue weighted by Crippen LogP contribution is 2.29. The number of Topliss-reactive ketones (excluding diaryl/α,β-unsaturated/α-hetero) is 1. The molecular formula is C14H15BrO6. The number of alkyl halides is 1. The summed E-state index contributed by atoms with van der Waals surface area (Å²) in [6.45, 7) is 3.12. The lowest BCUT2D eigenvalue weighted by Gasteiger charge is -2.15. The lowest BCUT2D eigenvalue weighted by molar-refractivity contribution is -0.147. The topological polar surface area (TPSA) is 101 Å². The number of rotatable bonds is 6. The number of ether oxygens (including phenoxy) is 1. The molecule has 114 valence electrons. The van der Waals surface area contributed by atoms with Gasteiger partial charge in [-0.25, -0.2) is 9.59 Å². The highest BCUT2D eigenvalue weighted by molar-refractivity contribution is 9.09. The molecule has 1 rings (SSSR count). The molecule has 1 aromatic rings. The van der Waals surface area contributed by atoms with Crippen molar-refractivity contribution < 1.29 is 29.3 Å². The summed E-state index contributed by atoms with van der Waals surface area (Å²) in [6, 6.07) is 4.01. The molecule has 21 heavy (non-hydrogen) atoms. The molecule has 1 aromatic carbocycles. The molecule has 2 atom stereocenters. The molecule has 0 aliphatic heterocycles. The van der Waals surface area contributed by atoms with Gasteiger partial charge in [0.05, 0.1) is 17.0 Å². The molecule has 2 unspecified atom stereocenters. The number of esters is 1. The number of ketones is 1. The van der Waals surface area contributed by atoms with Crippen LogP contribution in [0.2, 0.25) is 0 Å². The van der Waals surface area contributed by atoms with Gasteiger partial charge in [-0.15, -0.1) is 0 Å². The van der Waals surface area contributed by atoms with Crippen LogP contribution in [0.3, 0.4) is 0 Å². The maximum absolute atomic E-state index is 12.0. The zero-order valence-electron chi connectivity index (χ0n) is 11.5. The molecule has 0 spiro atoms. The van der Waals surface area contributed by atoms with Crippen molar-refractivity contribution in [2.45, 2.75) is 24.8 Å². The average Bonchev–Trinajstić information content (AvgIpc) is 2.45. The summed E-state index contributed by atoms with van der Waals surface area (Å²) in [5.41, 5.74) is 0.451. The smallest absolute Gasteiger partial charge is 0.338 e. The molecule has 0 aliphatic carbocycles. The minimum Gasteiger partial charge on any atom is -0.479 e. The largest absolute Gasteiger partial charge is 0.479 e. The summed E-state index contributed by atoms with van der Waals surface area (Å²) in [6.07, 6.45) is -1.75. The van der Waals surface area contributed by atoms with E-state index in [-0.39, 0.29) is 23.5 Å². The van der Waals surface area contributed by atoms with Gasteiger partial charge < -0.3 is 14.9 Å². The minimum atomic E-state index is -1.75.